The third-order valence-electron chi connectivity index (χ3n) is 11.9. The molecule has 2 heterocycles. The highest BCUT2D eigenvalue weighted by atomic mass is 15.3. The summed E-state index contributed by atoms with van der Waals surface area (Å²) in [6.07, 6.45) is 30.4. The van der Waals surface area contributed by atoms with E-state index in [2.05, 4.69) is 181 Å². The summed E-state index contributed by atoms with van der Waals surface area (Å²) >= 11 is 0. The number of para-hydroxylation sites is 1. The highest BCUT2D eigenvalue weighted by Crippen LogP contribution is 2.54. The molecule has 0 bridgehead atoms. The summed E-state index contributed by atoms with van der Waals surface area (Å²) in [5.74, 6) is 3.01. The van der Waals surface area contributed by atoms with Gasteiger partial charge in [0.05, 0.1) is 12.8 Å². The second-order valence-electron chi connectivity index (χ2n) is 14.8. The molecule has 0 spiro atoms. The molecule has 3 nitrogen and oxygen atoms in total. The van der Waals surface area contributed by atoms with Crippen LogP contribution < -0.4 is 9.80 Å². The van der Waals surface area contributed by atoms with Crippen molar-refractivity contribution in [2.45, 2.75) is 50.1 Å². The predicted octanol–water partition coefficient (Wildman–Crippen LogP) is 9.86. The Balaban J connectivity index is 1.06. The molecule has 3 heteroatoms. The summed E-state index contributed by atoms with van der Waals surface area (Å²) in [6.45, 7) is 10.0. The molecule has 6 unspecified atom stereocenters. The molecule has 3 aromatic carbocycles. The molecule has 0 saturated carbocycles. The first kappa shape index (κ1) is 29.3. The zero-order valence-corrected chi connectivity index (χ0v) is 28.0. The largest absolute Gasteiger partial charge is 0.361 e. The van der Waals surface area contributed by atoms with Crippen LogP contribution in [0.1, 0.15) is 49.3 Å². The summed E-state index contributed by atoms with van der Waals surface area (Å²) in [5, 5.41) is 0. The molecule has 4 aliphatic carbocycles. The Morgan fingerprint density at radius 2 is 1.65 bits per heavy atom. The van der Waals surface area contributed by atoms with Gasteiger partial charge in [-0.3, -0.25) is 0 Å². The van der Waals surface area contributed by atoms with Gasteiger partial charge < -0.3 is 4.90 Å². The van der Waals surface area contributed by atoms with Crippen LogP contribution >= 0.6 is 0 Å². The minimum Gasteiger partial charge on any atom is -0.361 e. The lowest BCUT2D eigenvalue weighted by molar-refractivity contribution is -0.458. The van der Waals surface area contributed by atoms with Crippen molar-refractivity contribution < 1.29 is 4.58 Å². The Hall–Kier alpha value is -4.89. The Morgan fingerprint density at radius 1 is 0.833 bits per heavy atom. The van der Waals surface area contributed by atoms with Crippen molar-refractivity contribution >= 4 is 29.4 Å². The molecule has 0 amide bonds. The van der Waals surface area contributed by atoms with Gasteiger partial charge in [-0.25, -0.2) is 4.58 Å². The molecule has 0 N–H and O–H groups in total. The summed E-state index contributed by atoms with van der Waals surface area (Å²) in [6, 6.07) is 28.3. The van der Waals surface area contributed by atoms with Gasteiger partial charge in [-0.05, 0) is 88.9 Å². The zero-order chi connectivity index (χ0) is 32.4. The summed E-state index contributed by atoms with van der Waals surface area (Å²) < 4.78 is 2.09. The van der Waals surface area contributed by atoms with Crippen LogP contribution in [0.4, 0.5) is 17.1 Å². The second-order valence-corrected chi connectivity index (χ2v) is 14.8. The monoisotopic (exact) mass is 626 g/mol. The normalized spacial score (nSPS) is 28.8. The fraction of sp³-hybridized carbons (Fsp3) is 0.267. The standard InChI is InChI=1S/C45H44N3/c1-45(2)40-17-9-7-15-36(40)37-26-25-35(30-41(37)45)47(44-19-11-12-28-46(44)3)34-23-20-31(21-24-34)32-22-27-43-39(29-32)38-16-8-10-18-42(38)48(43)33-13-5-4-6-14-33/h4-9,11-17,19-27,29-30,36,38-40,42-43H,3,10,18,28H2,1-2H3/q+1. The van der Waals surface area contributed by atoms with Gasteiger partial charge in [0.25, 0.3) is 5.82 Å². The van der Waals surface area contributed by atoms with Gasteiger partial charge in [-0.1, -0.05) is 111 Å². The Labute approximate surface area is 285 Å². The van der Waals surface area contributed by atoms with Crippen LogP contribution in [-0.4, -0.2) is 29.9 Å². The van der Waals surface area contributed by atoms with Crippen LogP contribution in [0.25, 0.3) is 5.57 Å². The van der Waals surface area contributed by atoms with Gasteiger partial charge in [0, 0.05) is 35.6 Å². The highest BCUT2D eigenvalue weighted by molar-refractivity contribution is 5.79. The molecule has 9 rings (SSSR count). The molecule has 48 heavy (non-hydrogen) atoms. The maximum Gasteiger partial charge on any atom is 0.286 e. The van der Waals surface area contributed by atoms with Crippen LogP contribution in [0.15, 0.2) is 152 Å². The van der Waals surface area contributed by atoms with Gasteiger partial charge in [0.1, 0.15) is 17.9 Å². The maximum absolute atomic E-state index is 4.42. The smallest absolute Gasteiger partial charge is 0.286 e. The highest BCUT2D eigenvalue weighted by Gasteiger charge is 2.48. The molecule has 6 aliphatic rings. The van der Waals surface area contributed by atoms with E-state index in [9.17, 15) is 0 Å². The Morgan fingerprint density at radius 3 is 2.48 bits per heavy atom. The van der Waals surface area contributed by atoms with Crippen molar-refractivity contribution in [3.8, 4) is 0 Å². The lowest BCUT2D eigenvalue weighted by Gasteiger charge is -2.34. The molecule has 0 aromatic heterocycles. The molecule has 2 aliphatic heterocycles. The topological polar surface area (TPSA) is 9.49 Å². The van der Waals surface area contributed by atoms with E-state index in [0.29, 0.717) is 35.8 Å². The van der Waals surface area contributed by atoms with Crippen LogP contribution in [-0.2, 0) is 5.41 Å². The van der Waals surface area contributed by atoms with Crippen molar-refractivity contribution in [2.75, 3.05) is 16.3 Å². The Bertz CT molecular complexity index is 1980. The number of rotatable bonds is 5. The predicted molar refractivity (Wildman–Crippen MR) is 201 cm³/mol. The van der Waals surface area contributed by atoms with Crippen LogP contribution in [0, 0.1) is 17.8 Å². The fourth-order valence-electron chi connectivity index (χ4n) is 9.52. The lowest BCUT2D eigenvalue weighted by atomic mass is 9.74. The second kappa shape index (κ2) is 11.4. The average Bonchev–Trinajstić information content (AvgIpc) is 3.58. The first-order chi connectivity index (χ1) is 23.5. The third-order valence-corrected chi connectivity index (χ3v) is 11.9. The van der Waals surface area contributed by atoms with Gasteiger partial charge in [0.15, 0.2) is 0 Å². The van der Waals surface area contributed by atoms with Crippen LogP contribution in [0.5, 0.6) is 0 Å². The number of allylic oxidation sites excluding steroid dienone is 9. The summed E-state index contributed by atoms with van der Waals surface area (Å²) in [5.41, 5.74) is 9.21. The number of anilines is 3. The molecular formula is C45H44N3+. The number of fused-ring (bicyclic) bond motifs is 6. The van der Waals surface area contributed by atoms with Crippen molar-refractivity contribution in [1.29, 1.82) is 0 Å². The molecule has 0 radical (unpaired) electrons. The fourth-order valence-corrected chi connectivity index (χ4v) is 9.52. The van der Waals surface area contributed by atoms with Crippen molar-refractivity contribution in [1.82, 2.24) is 0 Å². The van der Waals surface area contributed by atoms with E-state index in [4.69, 9.17) is 0 Å². The van der Waals surface area contributed by atoms with Crippen LogP contribution in [0.2, 0.25) is 0 Å². The number of hydrogen-bond acceptors (Lipinski definition) is 2. The van der Waals surface area contributed by atoms with E-state index in [-0.39, 0.29) is 5.41 Å². The molecular weight excluding hydrogens is 583 g/mol. The third kappa shape index (κ3) is 4.58. The minimum atomic E-state index is 0.0539. The van der Waals surface area contributed by atoms with E-state index in [1.54, 1.807) is 0 Å². The van der Waals surface area contributed by atoms with Gasteiger partial charge >= 0.3 is 0 Å². The number of hydrogen-bond donors (Lipinski definition) is 0. The molecule has 6 atom stereocenters. The van der Waals surface area contributed by atoms with Gasteiger partial charge in [-0.2, -0.15) is 4.90 Å². The molecule has 1 fully saturated rings. The number of nitrogens with zero attached hydrogens (tertiary/aromatic N) is 3. The van der Waals surface area contributed by atoms with E-state index in [1.807, 2.05) is 0 Å². The molecule has 1 saturated heterocycles. The van der Waals surface area contributed by atoms with E-state index < -0.39 is 0 Å². The van der Waals surface area contributed by atoms with Crippen LogP contribution in [0.3, 0.4) is 0 Å². The van der Waals surface area contributed by atoms with E-state index >= 15 is 0 Å². The minimum absolute atomic E-state index is 0.0539. The molecule has 238 valence electrons. The SMILES string of the molecule is C=[N+]1CC=CC=C1N(c1ccc(C2=CC3C4C=CCCC4N(c4ccccc4)C3C=C2)cc1)c1ccc2c(c1)C(C)(C)C1C=CC=CC21. The summed E-state index contributed by atoms with van der Waals surface area (Å²) in [7, 11) is 0. The first-order valence-electron chi connectivity index (χ1n) is 17.7. The quantitative estimate of drug-likeness (QED) is 0.206. The first-order valence-corrected chi connectivity index (χ1v) is 17.7. The number of benzene rings is 3. The average molecular weight is 627 g/mol. The lowest BCUT2D eigenvalue weighted by Crippen LogP contribution is -2.38. The van der Waals surface area contributed by atoms with Gasteiger partial charge in [-0.15, -0.1) is 0 Å². The van der Waals surface area contributed by atoms with E-state index in [0.717, 1.165) is 24.5 Å². The van der Waals surface area contributed by atoms with Crippen molar-refractivity contribution in [2.24, 2.45) is 17.8 Å². The maximum atomic E-state index is 4.42. The van der Waals surface area contributed by atoms with Crippen molar-refractivity contribution in [3.05, 3.63) is 168 Å². The van der Waals surface area contributed by atoms with Gasteiger partial charge in [0.2, 0.25) is 0 Å². The molecule has 3 aromatic rings. The van der Waals surface area contributed by atoms with Crippen molar-refractivity contribution in [3.63, 3.8) is 0 Å². The van der Waals surface area contributed by atoms with E-state index in [1.165, 1.54) is 40.1 Å². The zero-order valence-electron chi connectivity index (χ0n) is 28.0. The summed E-state index contributed by atoms with van der Waals surface area (Å²) in [4.78, 5) is 5.08. The Kier molecular flexibility index (Phi) is 6.93.